The van der Waals surface area contributed by atoms with Gasteiger partial charge in [0.1, 0.15) is 23.4 Å². The smallest absolute Gasteiger partial charge is 0.408 e. The molecule has 2 atom stereocenters. The third-order valence-electron chi connectivity index (χ3n) is 6.49. The number of carbonyl (C=O) groups excluding carboxylic acids is 3. The second-order valence-corrected chi connectivity index (χ2v) is 11.4. The van der Waals surface area contributed by atoms with Crippen LogP contribution in [-0.2, 0) is 14.3 Å². The Bertz CT molecular complexity index is 1360. The van der Waals surface area contributed by atoms with Gasteiger partial charge in [0.05, 0.1) is 0 Å². The third-order valence-corrected chi connectivity index (χ3v) is 6.49. The number of nitrogens with one attached hydrogen (secondary N) is 2. The summed E-state index contributed by atoms with van der Waals surface area (Å²) in [6, 6.07) is 16.4. The summed E-state index contributed by atoms with van der Waals surface area (Å²) < 4.78 is 5.41. The molecule has 0 spiro atoms. The fraction of sp³-hybridized carbons (Fsp3) is 0.406. The molecule has 40 heavy (non-hydrogen) atoms. The van der Waals surface area contributed by atoms with E-state index in [1.165, 1.54) is 4.90 Å². The molecule has 0 aliphatic carbocycles. The summed E-state index contributed by atoms with van der Waals surface area (Å²) in [5, 5.41) is 18.7. The van der Waals surface area contributed by atoms with E-state index in [9.17, 15) is 19.5 Å². The number of para-hydroxylation sites is 1. The Kier molecular flexibility index (Phi) is 9.79. The first kappa shape index (κ1) is 30.5. The molecule has 0 saturated carbocycles. The van der Waals surface area contributed by atoms with Gasteiger partial charge < -0.3 is 25.4 Å². The van der Waals surface area contributed by atoms with Gasteiger partial charge in [0.15, 0.2) is 0 Å². The normalized spacial score (nSPS) is 13.0. The summed E-state index contributed by atoms with van der Waals surface area (Å²) in [5.74, 6) is -1.27. The van der Waals surface area contributed by atoms with Crippen molar-refractivity contribution in [3.05, 3.63) is 71.8 Å². The van der Waals surface area contributed by atoms with Gasteiger partial charge in [-0.05, 0) is 68.5 Å². The third kappa shape index (κ3) is 7.52. The van der Waals surface area contributed by atoms with Crippen molar-refractivity contribution in [2.24, 2.45) is 5.92 Å². The number of aryl methyl sites for hydroxylation is 1. The molecule has 0 aliphatic heterocycles. The van der Waals surface area contributed by atoms with Gasteiger partial charge in [0.2, 0.25) is 5.91 Å². The average Bonchev–Trinajstić information content (AvgIpc) is 2.87. The van der Waals surface area contributed by atoms with Gasteiger partial charge in [-0.15, -0.1) is 0 Å². The molecule has 3 rings (SSSR count). The molecule has 214 valence electrons. The highest BCUT2D eigenvalue weighted by Crippen LogP contribution is 2.34. The number of ether oxygens (including phenoxy) is 1. The number of amides is 3. The molecule has 0 saturated heterocycles. The van der Waals surface area contributed by atoms with Gasteiger partial charge in [-0.1, -0.05) is 69.3 Å². The van der Waals surface area contributed by atoms with Crippen LogP contribution in [-0.4, -0.2) is 46.1 Å². The van der Waals surface area contributed by atoms with Crippen LogP contribution in [0.5, 0.6) is 5.75 Å². The summed E-state index contributed by atoms with van der Waals surface area (Å²) in [6.45, 7) is 12.7. The van der Waals surface area contributed by atoms with Gasteiger partial charge >= 0.3 is 6.09 Å². The maximum atomic E-state index is 14.1. The molecule has 8 heteroatoms. The SMILES string of the molecule is CCCN(C(=O)C(NC(=O)OC(C)(C)C)C(C)C)C(C(=O)Nc1ccc2ccccc2c1)c1cccc(C)c1O. The Morgan fingerprint density at radius 2 is 1.65 bits per heavy atom. The number of nitrogens with zero attached hydrogens (tertiary/aromatic N) is 1. The van der Waals surface area contributed by atoms with E-state index >= 15 is 0 Å². The van der Waals surface area contributed by atoms with Gasteiger partial charge in [-0.3, -0.25) is 9.59 Å². The Morgan fingerprint density at radius 1 is 0.975 bits per heavy atom. The quantitative estimate of drug-likeness (QED) is 0.290. The predicted molar refractivity (Wildman–Crippen MR) is 158 cm³/mol. The monoisotopic (exact) mass is 547 g/mol. The maximum absolute atomic E-state index is 14.1. The van der Waals surface area contributed by atoms with E-state index in [2.05, 4.69) is 10.6 Å². The lowest BCUT2D eigenvalue weighted by Crippen LogP contribution is -2.54. The standard InChI is InChI=1S/C32H41N3O5/c1-8-18-35(30(38)26(20(2)3)34-31(39)40-32(5,6)7)27(25-15-11-12-21(4)28(25)36)29(37)33-24-17-16-22-13-9-10-14-23(22)19-24/h9-17,19-20,26-27,36H,8,18H2,1-7H3,(H,33,37)(H,34,39). The van der Waals surface area contributed by atoms with Crippen LogP contribution < -0.4 is 10.6 Å². The molecular weight excluding hydrogens is 506 g/mol. The molecule has 0 aromatic heterocycles. The van der Waals surface area contributed by atoms with Crippen molar-refractivity contribution in [1.82, 2.24) is 10.2 Å². The fourth-order valence-corrected chi connectivity index (χ4v) is 4.56. The largest absolute Gasteiger partial charge is 0.507 e. The molecule has 8 nitrogen and oxygen atoms in total. The fourth-order valence-electron chi connectivity index (χ4n) is 4.56. The van der Waals surface area contributed by atoms with E-state index in [1.54, 1.807) is 52.0 Å². The van der Waals surface area contributed by atoms with Crippen LogP contribution in [0.1, 0.15) is 65.1 Å². The van der Waals surface area contributed by atoms with Crippen molar-refractivity contribution in [2.45, 2.75) is 72.6 Å². The molecule has 3 amide bonds. The summed E-state index contributed by atoms with van der Waals surface area (Å²) >= 11 is 0. The number of benzene rings is 3. The van der Waals surface area contributed by atoms with E-state index in [0.29, 0.717) is 23.2 Å². The Balaban J connectivity index is 2.04. The van der Waals surface area contributed by atoms with E-state index in [1.807, 2.05) is 57.2 Å². The first-order valence-electron chi connectivity index (χ1n) is 13.7. The second-order valence-electron chi connectivity index (χ2n) is 11.4. The van der Waals surface area contributed by atoms with Crippen molar-refractivity contribution in [3.8, 4) is 5.75 Å². The van der Waals surface area contributed by atoms with Gasteiger partial charge in [0.25, 0.3) is 5.91 Å². The lowest BCUT2D eigenvalue weighted by Gasteiger charge is -2.35. The maximum Gasteiger partial charge on any atom is 0.408 e. The van der Waals surface area contributed by atoms with E-state index in [0.717, 1.165) is 10.8 Å². The number of fused-ring (bicyclic) bond motifs is 1. The Labute approximate surface area is 236 Å². The summed E-state index contributed by atoms with van der Waals surface area (Å²) in [5.41, 5.74) is 0.710. The minimum atomic E-state index is -1.15. The first-order valence-corrected chi connectivity index (χ1v) is 13.7. The number of rotatable bonds is 9. The van der Waals surface area contributed by atoms with E-state index in [-0.39, 0.29) is 18.2 Å². The highest BCUT2D eigenvalue weighted by Gasteiger charge is 2.38. The zero-order valence-electron chi connectivity index (χ0n) is 24.4. The van der Waals surface area contributed by atoms with Gasteiger partial charge in [-0.25, -0.2) is 4.79 Å². The van der Waals surface area contributed by atoms with Crippen molar-refractivity contribution >= 4 is 34.4 Å². The second kappa shape index (κ2) is 12.9. The molecule has 0 radical (unpaired) electrons. The Hall–Kier alpha value is -4.07. The molecule has 3 N–H and O–H groups in total. The van der Waals surface area contributed by atoms with Crippen LogP contribution in [0, 0.1) is 12.8 Å². The van der Waals surface area contributed by atoms with Crippen LogP contribution in [0.15, 0.2) is 60.7 Å². The van der Waals surface area contributed by atoms with Crippen LogP contribution in [0.25, 0.3) is 10.8 Å². The number of phenols is 1. The average molecular weight is 548 g/mol. The Morgan fingerprint density at radius 3 is 2.27 bits per heavy atom. The van der Waals surface area contributed by atoms with Crippen LogP contribution >= 0.6 is 0 Å². The minimum Gasteiger partial charge on any atom is -0.507 e. The van der Waals surface area contributed by atoms with Crippen molar-refractivity contribution < 1.29 is 24.2 Å². The number of anilines is 1. The number of alkyl carbamates (subject to hydrolysis) is 1. The van der Waals surface area contributed by atoms with E-state index in [4.69, 9.17) is 4.74 Å². The highest BCUT2D eigenvalue weighted by atomic mass is 16.6. The number of hydrogen-bond donors (Lipinski definition) is 3. The molecule has 0 heterocycles. The van der Waals surface area contributed by atoms with Gasteiger partial charge in [0, 0.05) is 17.8 Å². The minimum absolute atomic E-state index is 0.0590. The lowest BCUT2D eigenvalue weighted by atomic mass is 9.96. The zero-order chi connectivity index (χ0) is 29.6. The molecular formula is C32H41N3O5. The van der Waals surface area contributed by atoms with Crippen molar-refractivity contribution in [2.75, 3.05) is 11.9 Å². The summed E-state index contributed by atoms with van der Waals surface area (Å²) in [7, 11) is 0. The predicted octanol–water partition coefficient (Wildman–Crippen LogP) is 6.32. The van der Waals surface area contributed by atoms with Gasteiger partial charge in [-0.2, -0.15) is 0 Å². The van der Waals surface area contributed by atoms with Crippen LogP contribution in [0.3, 0.4) is 0 Å². The van der Waals surface area contributed by atoms with E-state index < -0.39 is 35.6 Å². The molecule has 3 aromatic rings. The van der Waals surface area contributed by atoms with Crippen LogP contribution in [0.2, 0.25) is 0 Å². The highest BCUT2D eigenvalue weighted by molar-refractivity contribution is 6.00. The molecule has 3 aromatic carbocycles. The number of carbonyl (C=O) groups is 3. The number of aromatic hydroxyl groups is 1. The van der Waals surface area contributed by atoms with Crippen molar-refractivity contribution in [3.63, 3.8) is 0 Å². The zero-order valence-corrected chi connectivity index (χ0v) is 24.4. The lowest BCUT2D eigenvalue weighted by molar-refractivity contribution is -0.141. The molecule has 0 bridgehead atoms. The summed E-state index contributed by atoms with van der Waals surface area (Å²) in [4.78, 5) is 42.2. The molecule has 0 fully saturated rings. The van der Waals surface area contributed by atoms with Crippen molar-refractivity contribution in [1.29, 1.82) is 0 Å². The first-order chi connectivity index (χ1) is 18.8. The topological polar surface area (TPSA) is 108 Å². The number of hydrogen-bond acceptors (Lipinski definition) is 5. The summed E-state index contributed by atoms with van der Waals surface area (Å²) in [6.07, 6.45) is -0.165. The van der Waals surface area contributed by atoms with Crippen LogP contribution in [0.4, 0.5) is 10.5 Å². The molecule has 2 unspecified atom stereocenters. The molecule has 0 aliphatic rings. The number of phenolic OH excluding ortho intramolecular Hbond substituents is 1.